The van der Waals surface area contributed by atoms with Crippen molar-refractivity contribution in [3.8, 4) is 5.75 Å². The Morgan fingerprint density at radius 3 is 2.43 bits per heavy atom. The van der Waals surface area contributed by atoms with Crippen LogP contribution in [0.5, 0.6) is 5.75 Å². The van der Waals surface area contributed by atoms with Crippen LogP contribution in [0.4, 0.5) is 4.79 Å². The van der Waals surface area contributed by atoms with Crippen molar-refractivity contribution in [1.29, 1.82) is 0 Å². The molecule has 0 radical (unpaired) electrons. The highest BCUT2D eigenvalue weighted by atomic mass is 16.7. The molecule has 3 saturated carbocycles. The van der Waals surface area contributed by atoms with E-state index in [0.29, 0.717) is 61.1 Å². The van der Waals surface area contributed by atoms with Crippen LogP contribution in [0.15, 0.2) is 24.7 Å². The quantitative estimate of drug-likeness (QED) is 0.212. The zero-order chi connectivity index (χ0) is 37.3. The predicted molar refractivity (Wildman–Crippen MR) is 193 cm³/mol. The molecule has 0 N–H and O–H groups in total. The summed E-state index contributed by atoms with van der Waals surface area (Å²) in [7, 11) is -0.286. The van der Waals surface area contributed by atoms with Crippen LogP contribution in [0.3, 0.4) is 0 Å². The molecule has 2 saturated heterocycles. The topological polar surface area (TPSA) is 118 Å². The largest absolute Gasteiger partial charge is 0.488 e. The third-order valence-electron chi connectivity index (χ3n) is 11.6. The number of ether oxygens (including phenoxy) is 3. The van der Waals surface area contributed by atoms with Gasteiger partial charge in [0.25, 0.3) is 0 Å². The molecule has 11 nitrogen and oxygen atoms in total. The molecule has 5 aliphatic rings. The van der Waals surface area contributed by atoms with Gasteiger partial charge in [0.15, 0.2) is 0 Å². The van der Waals surface area contributed by atoms with Gasteiger partial charge in [0, 0.05) is 19.2 Å². The lowest BCUT2D eigenvalue weighted by Gasteiger charge is -2.64. The van der Waals surface area contributed by atoms with Gasteiger partial charge >= 0.3 is 19.2 Å². The second-order valence-corrected chi connectivity index (χ2v) is 17.9. The molecule has 12 heteroatoms. The highest BCUT2D eigenvalue weighted by molar-refractivity contribution is 6.45. The number of esters is 1. The number of carbonyl (C=O) groups excluding carboxylic acids is 3. The third kappa shape index (κ3) is 7.45. The van der Waals surface area contributed by atoms with Crippen LogP contribution in [0, 0.1) is 24.2 Å². The van der Waals surface area contributed by atoms with E-state index in [1.165, 1.54) is 17.3 Å². The number of aryl methyl sites for hydroxylation is 1. The van der Waals surface area contributed by atoms with Crippen molar-refractivity contribution in [2.75, 3.05) is 13.1 Å². The molecule has 1 unspecified atom stereocenters. The average Bonchev–Trinajstić information content (AvgIpc) is 3.76. The summed E-state index contributed by atoms with van der Waals surface area (Å²) in [6.45, 7) is 22.5. The summed E-state index contributed by atoms with van der Waals surface area (Å²) < 4.78 is 32.2. The monoisotopic (exact) mass is 705 g/mol. The summed E-state index contributed by atoms with van der Waals surface area (Å²) in [6, 6.07) is 3.87. The highest BCUT2D eigenvalue weighted by Gasteiger charge is 2.67. The fraction of sp³-hybridized carbons (Fsp3) is 0.692. The van der Waals surface area contributed by atoms with Gasteiger partial charge in [-0.25, -0.2) is 19.1 Å². The van der Waals surface area contributed by atoms with Crippen LogP contribution in [-0.4, -0.2) is 81.6 Å². The fourth-order valence-electron chi connectivity index (χ4n) is 8.61. The molecular weight excluding hydrogens is 649 g/mol. The van der Waals surface area contributed by atoms with E-state index in [4.69, 9.17) is 23.5 Å². The maximum atomic E-state index is 13.7. The number of hydrogen-bond donors (Lipinski definition) is 0. The summed E-state index contributed by atoms with van der Waals surface area (Å²) in [5.41, 5.74) is 1.41. The van der Waals surface area contributed by atoms with Crippen molar-refractivity contribution in [3.05, 3.63) is 47.0 Å². The van der Waals surface area contributed by atoms with Crippen LogP contribution in [0.25, 0.3) is 0 Å². The zero-order valence-corrected chi connectivity index (χ0v) is 32.3. The first-order valence-electron chi connectivity index (χ1n) is 18.6. The van der Waals surface area contributed by atoms with Gasteiger partial charge in [0.1, 0.15) is 34.9 Å². The maximum Gasteiger partial charge on any atom is 0.457 e. The predicted octanol–water partition coefficient (Wildman–Crippen LogP) is 6.98. The van der Waals surface area contributed by atoms with Gasteiger partial charge in [-0.05, 0) is 122 Å². The van der Waals surface area contributed by atoms with Gasteiger partial charge in [0.05, 0.1) is 29.9 Å². The van der Waals surface area contributed by atoms with Gasteiger partial charge in [-0.1, -0.05) is 19.9 Å². The molecular formula is C39H56BN3O8. The second kappa shape index (κ2) is 13.2. The van der Waals surface area contributed by atoms with E-state index in [9.17, 15) is 14.4 Å². The van der Waals surface area contributed by atoms with Gasteiger partial charge < -0.3 is 28.4 Å². The van der Waals surface area contributed by atoms with E-state index in [2.05, 4.69) is 25.8 Å². The fourth-order valence-corrected chi connectivity index (χ4v) is 8.61. The molecule has 7 rings (SSSR count). The Morgan fingerprint density at radius 2 is 1.76 bits per heavy atom. The molecule has 3 aliphatic carbocycles. The summed E-state index contributed by atoms with van der Waals surface area (Å²) >= 11 is 0. The van der Waals surface area contributed by atoms with Gasteiger partial charge in [-0.3, -0.25) is 4.79 Å². The molecule has 1 amide bonds. The van der Waals surface area contributed by atoms with E-state index >= 15 is 0 Å². The normalized spacial score (nSPS) is 27.4. The van der Waals surface area contributed by atoms with E-state index in [1.807, 2.05) is 39.8 Å². The Kier molecular flexibility index (Phi) is 9.70. The lowest BCUT2D eigenvalue weighted by atomic mass is 9.43. The Bertz CT molecular complexity index is 1670. The van der Waals surface area contributed by atoms with Gasteiger partial charge in [-0.15, -0.1) is 0 Å². The Balaban J connectivity index is 1.12. The molecule has 2 aromatic rings. The molecule has 5 fully saturated rings. The Labute approximate surface area is 303 Å². The van der Waals surface area contributed by atoms with Crippen molar-refractivity contribution in [1.82, 2.24) is 14.5 Å². The van der Waals surface area contributed by atoms with E-state index < -0.39 is 29.2 Å². The number of rotatable bonds is 8. The van der Waals surface area contributed by atoms with Crippen LogP contribution < -0.4 is 4.74 Å². The maximum absolute atomic E-state index is 13.7. The second-order valence-electron chi connectivity index (χ2n) is 17.9. The van der Waals surface area contributed by atoms with E-state index in [-0.39, 0.29) is 36.2 Å². The van der Waals surface area contributed by atoms with Crippen molar-refractivity contribution >= 4 is 25.1 Å². The number of imidazole rings is 1. The van der Waals surface area contributed by atoms with Gasteiger partial charge in [-0.2, -0.15) is 0 Å². The van der Waals surface area contributed by atoms with Crippen LogP contribution in [0.2, 0.25) is 6.32 Å². The number of aromatic nitrogens is 2. The molecule has 2 bridgehead atoms. The smallest absolute Gasteiger partial charge is 0.457 e. The van der Waals surface area contributed by atoms with Gasteiger partial charge in [0.2, 0.25) is 5.91 Å². The minimum Gasteiger partial charge on any atom is -0.488 e. The molecule has 1 aromatic carbocycles. The minimum atomic E-state index is -0.689. The summed E-state index contributed by atoms with van der Waals surface area (Å²) in [5.74, 6) is 0.526. The third-order valence-corrected chi connectivity index (χ3v) is 11.6. The average molecular weight is 706 g/mol. The van der Waals surface area contributed by atoms with Crippen molar-refractivity contribution in [2.24, 2.45) is 17.3 Å². The first-order valence-corrected chi connectivity index (χ1v) is 18.6. The number of likely N-dealkylation sites (tertiary alicyclic amines) is 1. The molecule has 3 heterocycles. The van der Waals surface area contributed by atoms with Crippen molar-refractivity contribution < 1.29 is 37.9 Å². The van der Waals surface area contributed by atoms with Crippen LogP contribution in [0.1, 0.15) is 122 Å². The summed E-state index contributed by atoms with van der Waals surface area (Å²) in [4.78, 5) is 45.8. The Hall–Kier alpha value is -3.38. The lowest BCUT2D eigenvalue weighted by Crippen LogP contribution is -2.65. The Morgan fingerprint density at radius 1 is 1.06 bits per heavy atom. The van der Waals surface area contributed by atoms with Crippen LogP contribution >= 0.6 is 0 Å². The lowest BCUT2D eigenvalue weighted by molar-refractivity contribution is -0.199. The first-order chi connectivity index (χ1) is 23.7. The SMILES string of the molecule is Cc1c(CCB2O[C@@H]3C[C@@H]4C[C@@H](C4(C)C)[C@]3(C)O2)ccc(O[C@@H]2CCN(C(=O)C(C)c3cn(C(=O)OC(C)(C)C)cn3)C2)c1C(=O)OC(C)(C)C. The molecule has 51 heavy (non-hydrogen) atoms. The molecule has 1 aromatic heterocycles. The number of hydrogen-bond acceptors (Lipinski definition) is 9. The van der Waals surface area contributed by atoms with Crippen molar-refractivity contribution in [3.63, 3.8) is 0 Å². The molecule has 0 spiro atoms. The minimum absolute atomic E-state index is 0.111. The summed E-state index contributed by atoms with van der Waals surface area (Å²) in [6.07, 6.45) is 6.41. The zero-order valence-electron chi connectivity index (χ0n) is 32.3. The van der Waals surface area contributed by atoms with Crippen molar-refractivity contribution in [2.45, 2.75) is 143 Å². The molecule has 278 valence electrons. The molecule has 6 atom stereocenters. The van der Waals surface area contributed by atoms with E-state index in [0.717, 1.165) is 17.5 Å². The number of carbonyl (C=O) groups is 3. The highest BCUT2D eigenvalue weighted by Crippen LogP contribution is 2.65. The number of amides is 1. The first kappa shape index (κ1) is 37.4. The van der Waals surface area contributed by atoms with E-state index in [1.54, 1.807) is 38.8 Å². The summed E-state index contributed by atoms with van der Waals surface area (Å²) in [5, 5.41) is 0. The standard InChI is InChI=1S/C39H56BN3O8/c1-23-25(14-16-40-50-31-19-26-18-30(38(26,9)10)39(31,11)51-40)12-13-29(32(23)34(45)48-36(3,4)5)47-27-15-17-42(20-27)33(44)24(2)28-21-43(22-41-28)35(46)49-37(6,7)8/h12-13,21-22,24,26-27,30-31H,14-20H2,1-11H3/t24?,26-,27+,30-,31+,39-/m0/s1. The van der Waals surface area contributed by atoms with Crippen LogP contribution in [-0.2, 0) is 30.0 Å². The number of benzene rings is 1. The molecule has 2 aliphatic heterocycles. The number of nitrogens with zero attached hydrogens (tertiary/aromatic N) is 3.